The molecule has 0 aromatic heterocycles. The van der Waals surface area contributed by atoms with Gasteiger partial charge in [-0.05, 0) is 43.7 Å². The van der Waals surface area contributed by atoms with Gasteiger partial charge in [0.2, 0.25) is 10.0 Å². The van der Waals surface area contributed by atoms with Gasteiger partial charge in [0.25, 0.3) is 11.6 Å². The van der Waals surface area contributed by atoms with Gasteiger partial charge in [-0.15, -0.1) is 0 Å². The number of carbonyl (C=O) groups excluding carboxylic acids is 1. The number of non-ortho nitro benzene ring substituents is 1. The molecule has 0 atom stereocenters. The van der Waals surface area contributed by atoms with Crippen LogP contribution in [0.15, 0.2) is 42.5 Å². The maximum absolute atomic E-state index is 12.4. The third-order valence-electron chi connectivity index (χ3n) is 3.96. The van der Waals surface area contributed by atoms with Gasteiger partial charge in [0.1, 0.15) is 0 Å². The molecule has 0 bridgehead atoms. The molecule has 1 amide bonds. The van der Waals surface area contributed by atoms with E-state index in [0.717, 1.165) is 4.31 Å². The van der Waals surface area contributed by atoms with E-state index in [4.69, 9.17) is 0 Å². The molecule has 9 heteroatoms. The van der Waals surface area contributed by atoms with Crippen LogP contribution in [0, 0.1) is 17.0 Å². The van der Waals surface area contributed by atoms with Crippen molar-refractivity contribution >= 4 is 33.0 Å². The molecule has 0 fully saturated rings. The quantitative estimate of drug-likeness (QED) is 0.615. The van der Waals surface area contributed by atoms with Crippen LogP contribution in [0.5, 0.6) is 0 Å². The summed E-state index contributed by atoms with van der Waals surface area (Å²) in [5, 5.41) is 13.5. The highest BCUT2D eigenvalue weighted by Crippen LogP contribution is 2.23. The minimum atomic E-state index is -3.38. The second-order valence-electron chi connectivity index (χ2n) is 5.63. The molecule has 138 valence electrons. The Kier molecular flexibility index (Phi) is 5.61. The average molecular weight is 377 g/mol. The Morgan fingerprint density at radius 1 is 1.19 bits per heavy atom. The molecule has 0 saturated carbocycles. The standard InChI is InChI=1S/C17H19N3O5S/c1-4-26(24,25)19(3)14-9-6-13(7-10-14)17(21)18-16-11-15(20(22)23)8-5-12(16)2/h5-11H,4H2,1-3H3,(H,18,21). The van der Waals surface area contributed by atoms with Crippen molar-refractivity contribution in [1.29, 1.82) is 0 Å². The van der Waals surface area contributed by atoms with Gasteiger partial charge in [-0.25, -0.2) is 8.42 Å². The number of benzene rings is 2. The fourth-order valence-corrected chi connectivity index (χ4v) is 3.06. The van der Waals surface area contributed by atoms with Crippen molar-refractivity contribution in [3.63, 3.8) is 0 Å². The number of sulfonamides is 1. The van der Waals surface area contributed by atoms with Gasteiger partial charge in [0, 0.05) is 24.7 Å². The number of nitro groups is 1. The normalized spacial score (nSPS) is 11.0. The fraction of sp³-hybridized carbons (Fsp3) is 0.235. The third kappa shape index (κ3) is 4.17. The highest BCUT2D eigenvalue weighted by atomic mass is 32.2. The lowest BCUT2D eigenvalue weighted by Crippen LogP contribution is -2.28. The molecule has 2 aromatic rings. The maximum atomic E-state index is 12.4. The molecule has 0 aliphatic heterocycles. The van der Waals surface area contributed by atoms with Crippen LogP contribution in [0.25, 0.3) is 0 Å². The Morgan fingerprint density at radius 2 is 1.81 bits per heavy atom. The van der Waals surface area contributed by atoms with Crippen LogP contribution in [0.4, 0.5) is 17.1 Å². The van der Waals surface area contributed by atoms with Gasteiger partial charge < -0.3 is 5.32 Å². The first-order valence-corrected chi connectivity index (χ1v) is 9.39. The van der Waals surface area contributed by atoms with Crippen LogP contribution in [-0.4, -0.2) is 32.0 Å². The first kappa shape index (κ1) is 19.4. The van der Waals surface area contributed by atoms with Gasteiger partial charge in [-0.3, -0.25) is 19.2 Å². The van der Waals surface area contributed by atoms with Crippen molar-refractivity contribution < 1.29 is 18.1 Å². The zero-order valence-electron chi connectivity index (χ0n) is 14.6. The zero-order chi connectivity index (χ0) is 19.5. The van der Waals surface area contributed by atoms with Crippen LogP contribution in [0.2, 0.25) is 0 Å². The molecule has 0 aliphatic carbocycles. The van der Waals surface area contributed by atoms with Crippen molar-refractivity contribution in [2.45, 2.75) is 13.8 Å². The van der Waals surface area contributed by atoms with E-state index in [-0.39, 0.29) is 11.4 Å². The monoisotopic (exact) mass is 377 g/mol. The van der Waals surface area contributed by atoms with Crippen molar-refractivity contribution in [2.24, 2.45) is 0 Å². The summed E-state index contributed by atoms with van der Waals surface area (Å²) in [7, 11) is -1.94. The van der Waals surface area contributed by atoms with Gasteiger partial charge >= 0.3 is 0 Å². The smallest absolute Gasteiger partial charge is 0.271 e. The number of hydrogen-bond acceptors (Lipinski definition) is 5. The lowest BCUT2D eigenvalue weighted by atomic mass is 10.1. The van der Waals surface area contributed by atoms with Crippen LogP contribution in [-0.2, 0) is 10.0 Å². The molecular formula is C17H19N3O5S. The lowest BCUT2D eigenvalue weighted by Gasteiger charge is -2.18. The maximum Gasteiger partial charge on any atom is 0.271 e. The SMILES string of the molecule is CCS(=O)(=O)N(C)c1ccc(C(=O)Nc2cc([N+](=O)[O-])ccc2C)cc1. The molecule has 0 radical (unpaired) electrons. The Bertz CT molecular complexity index is 939. The second kappa shape index (κ2) is 7.52. The summed E-state index contributed by atoms with van der Waals surface area (Å²) in [6.07, 6.45) is 0. The minimum Gasteiger partial charge on any atom is -0.321 e. The largest absolute Gasteiger partial charge is 0.321 e. The molecule has 8 nitrogen and oxygen atoms in total. The highest BCUT2D eigenvalue weighted by Gasteiger charge is 2.17. The van der Waals surface area contributed by atoms with E-state index in [2.05, 4.69) is 5.32 Å². The first-order chi connectivity index (χ1) is 12.2. The molecule has 2 aromatic carbocycles. The Morgan fingerprint density at radius 3 is 2.35 bits per heavy atom. The lowest BCUT2D eigenvalue weighted by molar-refractivity contribution is -0.384. The molecular weight excluding hydrogens is 358 g/mol. The van der Waals surface area contributed by atoms with Crippen molar-refractivity contribution in [1.82, 2.24) is 0 Å². The van der Waals surface area contributed by atoms with Crippen LogP contribution in [0.3, 0.4) is 0 Å². The molecule has 0 heterocycles. The third-order valence-corrected chi connectivity index (χ3v) is 5.73. The van der Waals surface area contributed by atoms with Gasteiger partial charge in [-0.2, -0.15) is 0 Å². The topological polar surface area (TPSA) is 110 Å². The van der Waals surface area contributed by atoms with Gasteiger partial charge in [-0.1, -0.05) is 6.07 Å². The number of nitrogens with zero attached hydrogens (tertiary/aromatic N) is 2. The molecule has 2 rings (SSSR count). The molecule has 0 saturated heterocycles. The molecule has 0 unspecified atom stereocenters. The van der Waals surface area contributed by atoms with E-state index in [9.17, 15) is 23.3 Å². The van der Waals surface area contributed by atoms with Crippen molar-refractivity contribution in [2.75, 3.05) is 22.4 Å². The summed E-state index contributed by atoms with van der Waals surface area (Å²) in [6.45, 7) is 3.28. The molecule has 0 aliphatic rings. The van der Waals surface area contributed by atoms with E-state index >= 15 is 0 Å². The van der Waals surface area contributed by atoms with Crippen LogP contribution in [0.1, 0.15) is 22.8 Å². The number of nitrogens with one attached hydrogen (secondary N) is 1. The first-order valence-electron chi connectivity index (χ1n) is 7.78. The Hall–Kier alpha value is -2.94. The number of anilines is 2. The van der Waals surface area contributed by atoms with Crippen molar-refractivity contribution in [3.05, 3.63) is 63.7 Å². The molecule has 1 N–H and O–H groups in total. The summed E-state index contributed by atoms with van der Waals surface area (Å²) in [4.78, 5) is 22.7. The fourth-order valence-electron chi connectivity index (χ4n) is 2.23. The van der Waals surface area contributed by atoms with Crippen LogP contribution < -0.4 is 9.62 Å². The van der Waals surface area contributed by atoms with E-state index < -0.39 is 20.9 Å². The number of nitro benzene ring substituents is 1. The average Bonchev–Trinajstić information content (AvgIpc) is 2.62. The number of amides is 1. The highest BCUT2D eigenvalue weighted by molar-refractivity contribution is 7.92. The Balaban J connectivity index is 2.21. The van der Waals surface area contributed by atoms with E-state index in [1.807, 2.05) is 0 Å². The molecule has 0 spiro atoms. The number of aryl methyl sites for hydroxylation is 1. The zero-order valence-corrected chi connectivity index (χ0v) is 15.4. The van der Waals surface area contributed by atoms with Crippen LogP contribution >= 0.6 is 0 Å². The summed E-state index contributed by atoms with van der Waals surface area (Å²) in [6, 6.07) is 10.3. The molecule has 26 heavy (non-hydrogen) atoms. The minimum absolute atomic E-state index is 0.0300. The van der Waals surface area contributed by atoms with E-state index in [0.29, 0.717) is 22.5 Å². The number of rotatable bonds is 6. The number of hydrogen-bond donors (Lipinski definition) is 1. The summed E-state index contributed by atoms with van der Waals surface area (Å²) >= 11 is 0. The summed E-state index contributed by atoms with van der Waals surface area (Å²) in [5.74, 6) is -0.473. The van der Waals surface area contributed by atoms with Crippen molar-refractivity contribution in [3.8, 4) is 0 Å². The summed E-state index contributed by atoms with van der Waals surface area (Å²) in [5.41, 5.74) is 1.66. The number of carbonyl (C=O) groups is 1. The van der Waals surface area contributed by atoms with Gasteiger partial charge in [0.15, 0.2) is 0 Å². The van der Waals surface area contributed by atoms with Gasteiger partial charge in [0.05, 0.1) is 22.1 Å². The van der Waals surface area contributed by atoms with E-state index in [1.54, 1.807) is 19.9 Å². The van der Waals surface area contributed by atoms with E-state index in [1.165, 1.54) is 43.4 Å². The summed E-state index contributed by atoms with van der Waals surface area (Å²) < 4.78 is 24.9. The Labute approximate surface area is 151 Å². The predicted octanol–water partition coefficient (Wildman–Crippen LogP) is 2.94. The predicted molar refractivity (Wildman–Crippen MR) is 100 cm³/mol. The second-order valence-corrected chi connectivity index (χ2v) is 7.91.